The van der Waals surface area contributed by atoms with Gasteiger partial charge in [-0.25, -0.2) is 8.93 Å². The molecule has 2 nitrogen and oxygen atoms in total. The molecule has 8 aliphatic rings. The molecule has 0 heterocycles. The molecule has 36 heavy (non-hydrogen) atoms. The summed E-state index contributed by atoms with van der Waals surface area (Å²) in [6, 6.07) is 9.71. The second kappa shape index (κ2) is 8.63. The van der Waals surface area contributed by atoms with Gasteiger partial charge in [0.25, 0.3) is 0 Å². The zero-order chi connectivity index (χ0) is 24.9. The Labute approximate surface area is 223 Å². The topological polar surface area (TPSA) is 29.1 Å². The van der Waals surface area contributed by atoms with Crippen LogP contribution in [0.5, 0.6) is 0 Å². The van der Waals surface area contributed by atoms with Crippen LogP contribution in [-0.4, -0.2) is 19.3 Å². The first-order valence-electron chi connectivity index (χ1n) is 15.2. The van der Waals surface area contributed by atoms with Crippen LogP contribution in [-0.2, 0) is 11.0 Å². The average Bonchev–Trinajstić information content (AvgIpc) is 2.76. The van der Waals surface area contributed by atoms with Crippen molar-refractivity contribution in [1.29, 1.82) is 0 Å². The van der Waals surface area contributed by atoms with Crippen molar-refractivity contribution in [2.75, 3.05) is 0 Å². The van der Waals surface area contributed by atoms with E-state index in [1.807, 2.05) is 0 Å². The normalized spacial score (nSPS) is 45.1. The first-order valence-corrected chi connectivity index (χ1v) is 17.7. The van der Waals surface area contributed by atoms with Crippen LogP contribution in [0.15, 0.2) is 24.3 Å². The molecule has 1 N–H and O–H groups in total. The third kappa shape index (κ3) is 4.03. The molecule has 1 aromatic rings. The van der Waals surface area contributed by atoms with Gasteiger partial charge in [-0.15, -0.1) is 0 Å². The number of hydrogen-bond donors (Lipinski definition) is 1. The van der Waals surface area contributed by atoms with E-state index in [1.54, 1.807) is 5.30 Å². The summed E-state index contributed by atoms with van der Waals surface area (Å²) in [6.07, 6.45) is 18.4. The maximum absolute atomic E-state index is 13.2. The lowest BCUT2D eigenvalue weighted by atomic mass is 9.55. The summed E-state index contributed by atoms with van der Waals surface area (Å²) >= 11 is 0. The molecule has 9 rings (SSSR count). The molecule has 8 fully saturated rings. The number of rotatable bonds is 6. The van der Waals surface area contributed by atoms with Crippen LogP contribution in [0.1, 0.15) is 116 Å². The predicted molar refractivity (Wildman–Crippen MR) is 154 cm³/mol. The molecular weight excluding hydrogens is 477 g/mol. The molecule has 2 atom stereocenters. The standard InChI is InChI=1S/C32H48NOPS/c1-21(33-36(34)30(2,3)4)28-7-5-6-8-29(28)35(31-15-22-9-23(16-31)11-24(10-22)17-31)32-18-25-12-26(19-32)14-27(13-25)20-32/h5-8,21-27,33H,9-20H2,1-4H3/t21-,22?,23?,24?,25?,26?,27?,31?,32?,35?,36-/m1/s1. The highest BCUT2D eigenvalue weighted by atomic mass is 32.2. The number of benzene rings is 1. The van der Waals surface area contributed by atoms with Crippen molar-refractivity contribution in [3.8, 4) is 0 Å². The Bertz CT molecular complexity index is 928. The quantitative estimate of drug-likeness (QED) is 0.377. The van der Waals surface area contributed by atoms with E-state index in [-0.39, 0.29) is 18.7 Å². The molecule has 0 radical (unpaired) electrons. The minimum Gasteiger partial charge on any atom is -0.242 e. The monoisotopic (exact) mass is 525 g/mol. The molecule has 8 aliphatic carbocycles. The van der Waals surface area contributed by atoms with Crippen LogP contribution in [0.4, 0.5) is 0 Å². The first kappa shape index (κ1) is 24.8. The van der Waals surface area contributed by atoms with Crippen molar-refractivity contribution in [1.82, 2.24) is 4.72 Å². The van der Waals surface area contributed by atoms with Crippen LogP contribution in [0.2, 0.25) is 0 Å². The second-order valence-corrected chi connectivity index (χ2v) is 20.4. The van der Waals surface area contributed by atoms with Gasteiger partial charge in [-0.05, 0) is 161 Å². The molecule has 8 saturated carbocycles. The highest BCUT2D eigenvalue weighted by molar-refractivity contribution is 7.84. The highest BCUT2D eigenvalue weighted by Gasteiger charge is 2.63. The number of nitrogens with one attached hydrogen (secondary N) is 1. The Morgan fingerprint density at radius 3 is 1.56 bits per heavy atom. The zero-order valence-electron chi connectivity index (χ0n) is 23.1. The van der Waals surface area contributed by atoms with E-state index in [9.17, 15) is 4.21 Å². The van der Waals surface area contributed by atoms with Gasteiger partial charge in [0.15, 0.2) is 0 Å². The Hall–Kier alpha value is -0.240. The highest BCUT2D eigenvalue weighted by Crippen LogP contribution is 2.78. The lowest BCUT2D eigenvalue weighted by Gasteiger charge is -2.67. The van der Waals surface area contributed by atoms with E-state index in [0.717, 1.165) is 35.5 Å². The van der Waals surface area contributed by atoms with Gasteiger partial charge >= 0.3 is 0 Å². The maximum atomic E-state index is 13.2. The molecule has 0 amide bonds. The first-order chi connectivity index (χ1) is 17.1. The average molecular weight is 526 g/mol. The molecule has 0 aromatic heterocycles. The lowest BCUT2D eigenvalue weighted by Crippen LogP contribution is -2.58. The molecule has 0 spiro atoms. The fourth-order valence-corrected chi connectivity index (χ4v) is 17.4. The van der Waals surface area contributed by atoms with Gasteiger partial charge in [-0.1, -0.05) is 32.2 Å². The van der Waals surface area contributed by atoms with E-state index in [2.05, 4.69) is 56.7 Å². The molecule has 0 saturated heterocycles. The van der Waals surface area contributed by atoms with E-state index in [4.69, 9.17) is 0 Å². The molecule has 8 bridgehead atoms. The van der Waals surface area contributed by atoms with Gasteiger partial charge in [-0.2, -0.15) is 0 Å². The molecule has 0 unspecified atom stereocenters. The van der Waals surface area contributed by atoms with Gasteiger partial charge < -0.3 is 0 Å². The second-order valence-electron chi connectivity index (χ2n) is 15.4. The lowest BCUT2D eigenvalue weighted by molar-refractivity contribution is 0.0195. The Morgan fingerprint density at radius 2 is 1.17 bits per heavy atom. The van der Waals surface area contributed by atoms with Crippen molar-refractivity contribution in [3.05, 3.63) is 29.8 Å². The third-order valence-electron chi connectivity index (χ3n) is 11.4. The summed E-state index contributed by atoms with van der Waals surface area (Å²) < 4.78 is 16.5. The van der Waals surface area contributed by atoms with Gasteiger partial charge in [0, 0.05) is 6.04 Å². The molecule has 1 aromatic carbocycles. The van der Waals surface area contributed by atoms with E-state index in [1.165, 1.54) is 82.6 Å². The summed E-state index contributed by atoms with van der Waals surface area (Å²) in [5.74, 6) is 6.03. The third-order valence-corrected chi connectivity index (χ3v) is 17.0. The van der Waals surface area contributed by atoms with Gasteiger partial charge in [-0.3, -0.25) is 0 Å². The fraction of sp³-hybridized carbons (Fsp3) is 0.812. The van der Waals surface area contributed by atoms with Crippen molar-refractivity contribution < 1.29 is 4.21 Å². The van der Waals surface area contributed by atoms with Gasteiger partial charge in [0.2, 0.25) is 0 Å². The van der Waals surface area contributed by atoms with Gasteiger partial charge in [0.1, 0.15) is 0 Å². The SMILES string of the molecule is C[C@@H](N[S@](=O)C(C)(C)C)c1ccccc1P(C12CC3CC(CC(C3)C1)C2)C12CC3CC(CC(C3)C1)C2. The summed E-state index contributed by atoms with van der Waals surface area (Å²) in [6.45, 7) is 8.56. The molecule has 0 aliphatic heterocycles. The smallest absolute Gasteiger partial charge is 0.0975 e. The minimum atomic E-state index is -1.05. The van der Waals surface area contributed by atoms with E-state index in [0.29, 0.717) is 10.3 Å². The number of hydrogen-bond acceptors (Lipinski definition) is 1. The largest absolute Gasteiger partial charge is 0.242 e. The molecule has 198 valence electrons. The Kier molecular flexibility index (Phi) is 5.94. The molecular formula is C32H48NOPS. The minimum absolute atomic E-state index is 0.133. The summed E-state index contributed by atoms with van der Waals surface area (Å²) in [5, 5.41) is 2.88. The van der Waals surface area contributed by atoms with Crippen LogP contribution >= 0.6 is 7.92 Å². The van der Waals surface area contributed by atoms with Crippen molar-refractivity contribution in [2.24, 2.45) is 35.5 Å². The van der Waals surface area contributed by atoms with Crippen molar-refractivity contribution in [3.63, 3.8) is 0 Å². The van der Waals surface area contributed by atoms with Crippen molar-refractivity contribution >= 4 is 24.2 Å². The van der Waals surface area contributed by atoms with Crippen LogP contribution in [0, 0.1) is 35.5 Å². The fourth-order valence-electron chi connectivity index (χ4n) is 11.1. The van der Waals surface area contributed by atoms with Gasteiger partial charge in [0.05, 0.1) is 15.7 Å². The summed E-state index contributed by atoms with van der Waals surface area (Å²) in [4.78, 5) is 0. The van der Waals surface area contributed by atoms with Crippen LogP contribution < -0.4 is 10.0 Å². The zero-order valence-corrected chi connectivity index (χ0v) is 24.8. The maximum Gasteiger partial charge on any atom is 0.0975 e. The van der Waals surface area contributed by atoms with Crippen LogP contribution in [0.3, 0.4) is 0 Å². The van der Waals surface area contributed by atoms with E-state index >= 15 is 0 Å². The summed E-state index contributed by atoms with van der Waals surface area (Å²) in [5.41, 5.74) is 1.48. The molecule has 4 heteroatoms. The predicted octanol–water partition coefficient (Wildman–Crippen LogP) is 7.84. The van der Waals surface area contributed by atoms with Crippen molar-refractivity contribution in [2.45, 2.75) is 126 Å². The Morgan fingerprint density at radius 1 is 0.778 bits per heavy atom. The van der Waals surface area contributed by atoms with Crippen LogP contribution in [0.25, 0.3) is 0 Å². The van der Waals surface area contributed by atoms with E-state index < -0.39 is 11.0 Å². The Balaban J connectivity index is 1.34. The summed E-state index contributed by atoms with van der Waals surface area (Å²) in [7, 11) is -1.30.